The molecule has 0 amide bonds. The van der Waals surface area contributed by atoms with Crippen LogP contribution in [0, 0.1) is 11.3 Å². The molecule has 0 radical (unpaired) electrons. The molecule has 4 bridgehead atoms. The molecular weight excluding hydrogens is 268 g/mol. The highest BCUT2D eigenvalue weighted by Gasteiger charge is 2.61. The second-order valence-electron chi connectivity index (χ2n) is 5.75. The maximum atomic E-state index is 12.7. The van der Waals surface area contributed by atoms with Crippen molar-refractivity contribution in [3.63, 3.8) is 0 Å². The topological polar surface area (TPSA) is 69.7 Å². The van der Waals surface area contributed by atoms with E-state index in [0.29, 0.717) is 6.42 Å². The van der Waals surface area contributed by atoms with Crippen molar-refractivity contribution in [3.8, 4) is 0 Å². The number of ether oxygens (including phenoxy) is 1. The van der Waals surface area contributed by atoms with Gasteiger partial charge in [0.25, 0.3) is 10.1 Å². The summed E-state index contributed by atoms with van der Waals surface area (Å²) in [6.07, 6.45) is 6.03. The van der Waals surface area contributed by atoms with E-state index in [1.54, 1.807) is 6.92 Å². The van der Waals surface area contributed by atoms with Crippen LogP contribution >= 0.6 is 0 Å². The van der Waals surface area contributed by atoms with Gasteiger partial charge in [0.2, 0.25) is 0 Å². The number of hydrogen-bond acceptors (Lipinski definition) is 5. The van der Waals surface area contributed by atoms with Gasteiger partial charge in [-0.05, 0) is 19.8 Å². The van der Waals surface area contributed by atoms with Crippen LogP contribution in [-0.2, 0) is 23.8 Å². The van der Waals surface area contributed by atoms with Gasteiger partial charge in [-0.3, -0.25) is 8.98 Å². The lowest BCUT2D eigenvalue weighted by atomic mass is 9.61. The highest BCUT2D eigenvalue weighted by Crippen LogP contribution is 2.52. The molecule has 19 heavy (non-hydrogen) atoms. The monoisotopic (exact) mass is 286 g/mol. The van der Waals surface area contributed by atoms with E-state index in [9.17, 15) is 13.2 Å². The van der Waals surface area contributed by atoms with Crippen molar-refractivity contribution in [2.75, 3.05) is 6.26 Å². The Morgan fingerprint density at radius 1 is 1.47 bits per heavy atom. The fourth-order valence-corrected chi connectivity index (χ4v) is 4.48. The zero-order chi connectivity index (χ0) is 13.8. The lowest BCUT2D eigenvalue weighted by molar-refractivity contribution is -0.180. The Hall–Kier alpha value is -0.720. The van der Waals surface area contributed by atoms with Crippen LogP contribution in [0.4, 0.5) is 0 Å². The summed E-state index contributed by atoms with van der Waals surface area (Å²) in [6.45, 7) is 1.66. The summed E-state index contributed by atoms with van der Waals surface area (Å²) >= 11 is 0. The Balaban J connectivity index is 1.99. The lowest BCUT2D eigenvalue weighted by Gasteiger charge is -2.50. The molecule has 5 nitrogen and oxygen atoms in total. The minimum absolute atomic E-state index is 0.112. The molecule has 0 aromatic rings. The van der Waals surface area contributed by atoms with E-state index in [0.717, 1.165) is 19.1 Å². The van der Waals surface area contributed by atoms with Crippen LogP contribution in [0.25, 0.3) is 0 Å². The Kier molecular flexibility index (Phi) is 2.89. The zero-order valence-corrected chi connectivity index (χ0v) is 11.9. The molecule has 0 spiro atoms. The Morgan fingerprint density at radius 3 is 2.89 bits per heavy atom. The fourth-order valence-electron chi connectivity index (χ4n) is 3.79. The standard InChI is InChI=1S/C13H18O5S/c1-8(18-19(2,15)16)13-7-3-4-9(12(13)14)10-5-6-11(13)17-10/h5-6,8-11H,3-4,7H2,1-2H3/t8-,9-,10-,11+,13-/m0/s1. The quantitative estimate of drug-likeness (QED) is 0.573. The predicted octanol–water partition coefficient (Wildman–Crippen LogP) is 1.04. The maximum absolute atomic E-state index is 12.7. The molecule has 5 atom stereocenters. The third-order valence-electron chi connectivity index (χ3n) is 4.63. The van der Waals surface area contributed by atoms with Crippen molar-refractivity contribution in [3.05, 3.63) is 12.2 Å². The summed E-state index contributed by atoms with van der Waals surface area (Å²) in [4.78, 5) is 12.7. The van der Waals surface area contributed by atoms with Crippen LogP contribution in [0.5, 0.6) is 0 Å². The Bertz CT molecular complexity index is 537. The third-order valence-corrected chi connectivity index (χ3v) is 5.27. The number of Topliss-reactive ketones (excluding diaryl/α,β-unsaturated/α-hetero) is 1. The molecule has 0 aromatic carbocycles. The van der Waals surface area contributed by atoms with Crippen LogP contribution in [0.1, 0.15) is 26.2 Å². The van der Waals surface area contributed by atoms with E-state index in [4.69, 9.17) is 8.92 Å². The zero-order valence-electron chi connectivity index (χ0n) is 11.0. The molecule has 1 aliphatic carbocycles. The first-order valence-corrected chi connectivity index (χ1v) is 8.42. The van der Waals surface area contributed by atoms with Crippen molar-refractivity contribution in [2.24, 2.45) is 11.3 Å². The van der Waals surface area contributed by atoms with Gasteiger partial charge in [0.15, 0.2) is 5.78 Å². The Morgan fingerprint density at radius 2 is 2.21 bits per heavy atom. The molecule has 2 fully saturated rings. The predicted molar refractivity (Wildman–Crippen MR) is 68.0 cm³/mol. The van der Waals surface area contributed by atoms with Gasteiger partial charge in [-0.1, -0.05) is 18.6 Å². The first kappa shape index (κ1) is 13.3. The molecule has 106 valence electrons. The van der Waals surface area contributed by atoms with Crippen LogP contribution in [0.2, 0.25) is 0 Å². The van der Waals surface area contributed by atoms with Crippen LogP contribution in [0.3, 0.4) is 0 Å². The SMILES string of the molecule is C[C@H](OS(C)(=O)=O)[C@]12CCC[C@H](C1=O)[C@@H]1C=C[C@H]2O1. The molecule has 0 unspecified atom stereocenters. The molecule has 2 heterocycles. The summed E-state index contributed by atoms with van der Waals surface area (Å²) in [5, 5.41) is 0. The Labute approximate surface area is 113 Å². The van der Waals surface area contributed by atoms with Gasteiger partial charge in [0.05, 0.1) is 30.0 Å². The summed E-state index contributed by atoms with van der Waals surface area (Å²) in [6, 6.07) is 0. The number of carbonyl (C=O) groups excluding carboxylic acids is 1. The molecule has 6 heteroatoms. The van der Waals surface area contributed by atoms with Crippen molar-refractivity contribution < 1.29 is 22.1 Å². The summed E-state index contributed by atoms with van der Waals surface area (Å²) in [5.41, 5.74) is -0.838. The fraction of sp³-hybridized carbons (Fsp3) is 0.769. The van der Waals surface area contributed by atoms with Crippen molar-refractivity contribution in [2.45, 2.75) is 44.5 Å². The number of ketones is 1. The van der Waals surface area contributed by atoms with E-state index in [1.807, 2.05) is 12.2 Å². The van der Waals surface area contributed by atoms with Crippen LogP contribution in [-0.4, -0.2) is 38.8 Å². The van der Waals surface area contributed by atoms with Crippen molar-refractivity contribution in [1.82, 2.24) is 0 Å². The van der Waals surface area contributed by atoms with Gasteiger partial charge in [0, 0.05) is 5.92 Å². The molecule has 3 aliphatic rings. The first-order chi connectivity index (χ1) is 8.84. The van der Waals surface area contributed by atoms with E-state index < -0.39 is 21.6 Å². The van der Waals surface area contributed by atoms with Crippen molar-refractivity contribution in [1.29, 1.82) is 0 Å². The number of hydrogen-bond donors (Lipinski definition) is 0. The average molecular weight is 286 g/mol. The average Bonchev–Trinajstić information content (AvgIpc) is 2.72. The van der Waals surface area contributed by atoms with Gasteiger partial charge >= 0.3 is 0 Å². The van der Waals surface area contributed by atoms with Gasteiger partial charge in [0.1, 0.15) is 0 Å². The second kappa shape index (κ2) is 4.14. The van der Waals surface area contributed by atoms with Gasteiger partial charge in [-0.2, -0.15) is 8.42 Å². The number of fused-ring (bicyclic) bond motifs is 6. The molecule has 2 aliphatic heterocycles. The molecule has 3 rings (SSSR count). The lowest BCUT2D eigenvalue weighted by Crippen LogP contribution is -2.60. The minimum Gasteiger partial charge on any atom is -0.365 e. The van der Waals surface area contributed by atoms with E-state index in [1.165, 1.54) is 0 Å². The van der Waals surface area contributed by atoms with Crippen molar-refractivity contribution >= 4 is 15.9 Å². The molecule has 0 N–H and O–H groups in total. The third kappa shape index (κ3) is 1.88. The molecule has 1 saturated heterocycles. The normalized spacial score (nSPS) is 42.4. The van der Waals surface area contributed by atoms with E-state index in [-0.39, 0.29) is 23.9 Å². The molecule has 0 aromatic heterocycles. The molecular formula is C13H18O5S. The largest absolute Gasteiger partial charge is 0.365 e. The van der Waals surface area contributed by atoms with Crippen LogP contribution in [0.15, 0.2) is 12.2 Å². The second-order valence-corrected chi connectivity index (χ2v) is 7.35. The highest BCUT2D eigenvalue weighted by molar-refractivity contribution is 7.86. The van der Waals surface area contributed by atoms with Gasteiger partial charge in [-0.25, -0.2) is 0 Å². The minimum atomic E-state index is -3.59. The van der Waals surface area contributed by atoms with Crippen LogP contribution < -0.4 is 0 Å². The first-order valence-electron chi connectivity index (χ1n) is 6.61. The number of carbonyl (C=O) groups is 1. The van der Waals surface area contributed by atoms with E-state index in [2.05, 4.69) is 0 Å². The summed E-state index contributed by atoms with van der Waals surface area (Å²) in [7, 11) is -3.59. The maximum Gasteiger partial charge on any atom is 0.264 e. The van der Waals surface area contributed by atoms with Gasteiger partial charge < -0.3 is 4.74 Å². The number of rotatable bonds is 3. The smallest absolute Gasteiger partial charge is 0.264 e. The molecule has 1 saturated carbocycles. The van der Waals surface area contributed by atoms with E-state index >= 15 is 0 Å². The summed E-state index contributed by atoms with van der Waals surface area (Å²) in [5.74, 6) is -0.0319. The summed E-state index contributed by atoms with van der Waals surface area (Å²) < 4.78 is 33.7. The van der Waals surface area contributed by atoms with Gasteiger partial charge in [-0.15, -0.1) is 0 Å². The highest BCUT2D eigenvalue weighted by atomic mass is 32.2.